The van der Waals surface area contributed by atoms with Crippen molar-refractivity contribution in [1.82, 2.24) is 29.5 Å². The van der Waals surface area contributed by atoms with Gasteiger partial charge in [0.1, 0.15) is 5.82 Å². The van der Waals surface area contributed by atoms with E-state index in [1.165, 1.54) is 0 Å². The zero-order valence-corrected chi connectivity index (χ0v) is 16.0. The molecule has 146 valence electrons. The highest BCUT2D eigenvalue weighted by Crippen LogP contribution is 2.15. The Balaban J connectivity index is 1.40. The Morgan fingerprint density at radius 3 is 2.79 bits per heavy atom. The molecule has 0 aliphatic carbocycles. The smallest absolute Gasteiger partial charge is 0.293 e. The van der Waals surface area contributed by atoms with Crippen molar-refractivity contribution in [3.63, 3.8) is 0 Å². The lowest BCUT2D eigenvalue weighted by atomic mass is 10.0. The average molecular weight is 381 g/mol. The molecule has 1 amide bonds. The fraction of sp³-hybridized carbons (Fsp3) is 0.421. The number of nitrogens with zero attached hydrogens (tertiary/aromatic N) is 6. The summed E-state index contributed by atoms with van der Waals surface area (Å²) in [6.07, 6.45) is 6.66. The number of carbonyl (C=O) groups is 1. The number of anilines is 1. The van der Waals surface area contributed by atoms with Crippen LogP contribution in [-0.2, 0) is 6.54 Å². The van der Waals surface area contributed by atoms with Gasteiger partial charge in [-0.05, 0) is 38.8 Å². The molecule has 9 nitrogen and oxygen atoms in total. The van der Waals surface area contributed by atoms with Gasteiger partial charge in [0.25, 0.3) is 11.5 Å². The summed E-state index contributed by atoms with van der Waals surface area (Å²) in [7, 11) is 0. The van der Waals surface area contributed by atoms with Gasteiger partial charge in [0.05, 0.1) is 5.56 Å². The minimum absolute atomic E-state index is 0.0647. The summed E-state index contributed by atoms with van der Waals surface area (Å²) >= 11 is 0. The van der Waals surface area contributed by atoms with E-state index >= 15 is 0 Å². The number of hydrogen-bond acceptors (Lipinski definition) is 6. The summed E-state index contributed by atoms with van der Waals surface area (Å²) in [5, 5.41) is 11.1. The first kappa shape index (κ1) is 18.1. The van der Waals surface area contributed by atoms with Crippen molar-refractivity contribution in [1.29, 1.82) is 0 Å². The Morgan fingerprint density at radius 1 is 1.25 bits per heavy atom. The highest BCUT2D eigenvalue weighted by Gasteiger charge is 2.24. The monoisotopic (exact) mass is 381 g/mol. The van der Waals surface area contributed by atoms with Gasteiger partial charge in [-0.2, -0.15) is 0 Å². The van der Waals surface area contributed by atoms with E-state index in [1.54, 1.807) is 39.7 Å². The number of aromatic nitrogens is 5. The molecule has 1 aliphatic heterocycles. The van der Waals surface area contributed by atoms with Gasteiger partial charge < -0.3 is 14.8 Å². The average Bonchev–Trinajstić information content (AvgIpc) is 3.09. The molecular formula is C19H23N7O2. The Bertz CT molecular complexity index is 1060. The van der Waals surface area contributed by atoms with Crippen LogP contribution >= 0.6 is 0 Å². The van der Waals surface area contributed by atoms with Crippen LogP contribution in [0.25, 0.3) is 5.65 Å². The van der Waals surface area contributed by atoms with Gasteiger partial charge in [-0.3, -0.25) is 14.0 Å². The third-order valence-corrected chi connectivity index (χ3v) is 5.20. The summed E-state index contributed by atoms with van der Waals surface area (Å²) in [6, 6.07) is 3.62. The number of carbonyl (C=O) groups excluding carboxylic acids is 1. The maximum Gasteiger partial charge on any atom is 0.293 e. The van der Waals surface area contributed by atoms with Crippen LogP contribution in [0, 0.1) is 6.92 Å². The summed E-state index contributed by atoms with van der Waals surface area (Å²) < 4.78 is 3.46. The van der Waals surface area contributed by atoms with Crippen molar-refractivity contribution < 1.29 is 4.79 Å². The summed E-state index contributed by atoms with van der Waals surface area (Å²) in [4.78, 5) is 31.3. The van der Waals surface area contributed by atoms with Crippen LogP contribution in [0.3, 0.4) is 0 Å². The second kappa shape index (κ2) is 7.41. The fourth-order valence-corrected chi connectivity index (χ4v) is 3.55. The third-order valence-electron chi connectivity index (χ3n) is 5.20. The first-order chi connectivity index (χ1) is 13.6. The molecule has 1 aliphatic rings. The number of hydrogen-bond donors (Lipinski definition) is 1. The van der Waals surface area contributed by atoms with E-state index in [-0.39, 0.29) is 17.5 Å². The van der Waals surface area contributed by atoms with E-state index in [9.17, 15) is 9.59 Å². The standard InChI is InChI=1S/C19H23N7O2/c1-3-24-11-8-20-17(19(24)28)25-9-6-15(7-10-25)21-18(27)14-4-5-16-23-22-13(2)26(16)12-14/h4-5,8,11-12,15H,3,6-7,9-10H2,1-2H3,(H,21,27). The van der Waals surface area contributed by atoms with E-state index < -0.39 is 0 Å². The largest absolute Gasteiger partial charge is 0.352 e. The van der Waals surface area contributed by atoms with Crippen LogP contribution in [0.15, 0.2) is 35.5 Å². The molecule has 3 aromatic heterocycles. The number of aryl methyl sites for hydroxylation is 2. The Morgan fingerprint density at radius 2 is 2.04 bits per heavy atom. The van der Waals surface area contributed by atoms with Gasteiger partial charge in [-0.1, -0.05) is 0 Å². The molecule has 0 atom stereocenters. The van der Waals surface area contributed by atoms with Gasteiger partial charge in [-0.25, -0.2) is 4.98 Å². The second-order valence-electron chi connectivity index (χ2n) is 6.97. The van der Waals surface area contributed by atoms with Crippen LogP contribution in [0.2, 0.25) is 0 Å². The molecule has 0 bridgehead atoms. The molecule has 1 fully saturated rings. The molecule has 28 heavy (non-hydrogen) atoms. The van der Waals surface area contributed by atoms with Crippen LogP contribution in [0.1, 0.15) is 35.9 Å². The van der Waals surface area contributed by atoms with Crippen LogP contribution in [0.5, 0.6) is 0 Å². The quantitative estimate of drug-likeness (QED) is 0.724. The number of fused-ring (bicyclic) bond motifs is 1. The molecule has 0 aromatic carbocycles. The van der Waals surface area contributed by atoms with E-state index in [1.807, 2.05) is 18.7 Å². The van der Waals surface area contributed by atoms with Gasteiger partial charge in [-0.15, -0.1) is 10.2 Å². The Kier molecular flexibility index (Phi) is 4.81. The first-order valence-electron chi connectivity index (χ1n) is 9.49. The Labute approximate surface area is 162 Å². The number of amides is 1. The topological polar surface area (TPSA) is 97.4 Å². The molecule has 1 N–H and O–H groups in total. The lowest BCUT2D eigenvalue weighted by Gasteiger charge is -2.32. The van der Waals surface area contributed by atoms with Crippen LogP contribution < -0.4 is 15.8 Å². The van der Waals surface area contributed by atoms with Gasteiger partial charge >= 0.3 is 0 Å². The first-order valence-corrected chi connectivity index (χ1v) is 9.49. The second-order valence-corrected chi connectivity index (χ2v) is 6.97. The van der Waals surface area contributed by atoms with E-state index in [0.29, 0.717) is 31.0 Å². The molecule has 1 saturated heterocycles. The summed E-state index contributed by atoms with van der Waals surface area (Å²) in [5.41, 5.74) is 1.23. The molecule has 0 spiro atoms. The lowest BCUT2D eigenvalue weighted by Crippen LogP contribution is -2.46. The molecule has 0 saturated carbocycles. The Hall–Kier alpha value is -3.23. The SMILES string of the molecule is CCn1ccnc(N2CCC(NC(=O)c3ccc4nnc(C)n4c3)CC2)c1=O. The van der Waals surface area contributed by atoms with Crippen molar-refractivity contribution in [3.05, 3.63) is 52.5 Å². The molecule has 0 unspecified atom stereocenters. The van der Waals surface area contributed by atoms with E-state index in [0.717, 1.165) is 24.3 Å². The van der Waals surface area contributed by atoms with Crippen LogP contribution in [-0.4, -0.2) is 49.2 Å². The van der Waals surface area contributed by atoms with Crippen LogP contribution in [0.4, 0.5) is 5.82 Å². The zero-order valence-electron chi connectivity index (χ0n) is 16.0. The predicted molar refractivity (Wildman–Crippen MR) is 105 cm³/mol. The third kappa shape index (κ3) is 3.35. The zero-order chi connectivity index (χ0) is 19.7. The summed E-state index contributed by atoms with van der Waals surface area (Å²) in [5.74, 6) is 1.12. The maximum absolute atomic E-state index is 12.6. The maximum atomic E-state index is 12.6. The van der Waals surface area contributed by atoms with Gasteiger partial charge in [0.15, 0.2) is 11.5 Å². The van der Waals surface area contributed by atoms with Crippen molar-refractivity contribution in [2.24, 2.45) is 0 Å². The fourth-order valence-electron chi connectivity index (χ4n) is 3.55. The van der Waals surface area contributed by atoms with Crippen molar-refractivity contribution in [2.75, 3.05) is 18.0 Å². The minimum atomic E-state index is -0.111. The molecular weight excluding hydrogens is 358 g/mol. The molecule has 4 heterocycles. The number of pyridine rings is 1. The highest BCUT2D eigenvalue weighted by molar-refractivity contribution is 5.94. The van der Waals surface area contributed by atoms with E-state index in [4.69, 9.17) is 0 Å². The van der Waals surface area contributed by atoms with Crippen molar-refractivity contribution in [2.45, 2.75) is 39.3 Å². The van der Waals surface area contributed by atoms with Crippen molar-refractivity contribution in [3.8, 4) is 0 Å². The molecule has 3 aromatic rings. The predicted octanol–water partition coefficient (Wildman–Crippen LogP) is 1.01. The number of rotatable bonds is 4. The molecule has 4 rings (SSSR count). The van der Waals surface area contributed by atoms with Crippen molar-refractivity contribution >= 4 is 17.4 Å². The van der Waals surface area contributed by atoms with E-state index in [2.05, 4.69) is 20.5 Å². The lowest BCUT2D eigenvalue weighted by molar-refractivity contribution is 0.0930. The summed E-state index contributed by atoms with van der Waals surface area (Å²) in [6.45, 7) is 5.78. The molecule has 9 heteroatoms. The normalized spacial score (nSPS) is 15.1. The molecule has 0 radical (unpaired) electrons. The number of nitrogens with one attached hydrogen (secondary N) is 1. The van der Waals surface area contributed by atoms with Gasteiger partial charge in [0.2, 0.25) is 0 Å². The minimum Gasteiger partial charge on any atom is -0.352 e. The van der Waals surface area contributed by atoms with Gasteiger partial charge in [0, 0.05) is 44.3 Å². The number of piperidine rings is 1. The highest BCUT2D eigenvalue weighted by atomic mass is 16.1.